The van der Waals surface area contributed by atoms with Crippen molar-refractivity contribution >= 4 is 11.0 Å². The number of furan rings is 1. The molecular formula is C12H13NO. The highest BCUT2D eigenvalue weighted by atomic mass is 16.3. The maximum absolute atomic E-state index is 6.15. The molecule has 72 valence electrons. The van der Waals surface area contributed by atoms with Crippen molar-refractivity contribution in [3.05, 3.63) is 36.1 Å². The lowest BCUT2D eigenvalue weighted by molar-refractivity contribution is 0.582. The molecule has 1 aliphatic rings. The molecule has 0 amide bonds. The molecule has 1 atom stereocenters. The summed E-state index contributed by atoms with van der Waals surface area (Å²) in [6.07, 6.45) is 4.34. The summed E-state index contributed by atoms with van der Waals surface area (Å²) in [5.74, 6) is 0.677. The van der Waals surface area contributed by atoms with Crippen molar-refractivity contribution in [1.82, 2.24) is 0 Å². The van der Waals surface area contributed by atoms with Crippen molar-refractivity contribution in [2.45, 2.75) is 18.9 Å². The van der Waals surface area contributed by atoms with Crippen LogP contribution in [0, 0.1) is 5.92 Å². The van der Waals surface area contributed by atoms with E-state index in [-0.39, 0.29) is 6.04 Å². The summed E-state index contributed by atoms with van der Waals surface area (Å²) in [5.41, 5.74) is 8.26. The van der Waals surface area contributed by atoms with Crippen molar-refractivity contribution in [2.24, 2.45) is 11.7 Å². The number of para-hydroxylation sites is 1. The molecule has 0 radical (unpaired) electrons. The van der Waals surface area contributed by atoms with Gasteiger partial charge in [-0.05, 0) is 24.8 Å². The van der Waals surface area contributed by atoms with E-state index >= 15 is 0 Å². The molecule has 2 N–H and O–H groups in total. The van der Waals surface area contributed by atoms with Crippen molar-refractivity contribution in [2.75, 3.05) is 0 Å². The summed E-state index contributed by atoms with van der Waals surface area (Å²) in [7, 11) is 0. The van der Waals surface area contributed by atoms with Crippen LogP contribution in [0.5, 0.6) is 0 Å². The Kier molecular flexibility index (Phi) is 1.64. The number of nitrogens with two attached hydrogens (primary N) is 1. The predicted octanol–water partition coefficient (Wildman–Crippen LogP) is 2.84. The van der Waals surface area contributed by atoms with Crippen molar-refractivity contribution in [1.29, 1.82) is 0 Å². The highest BCUT2D eigenvalue weighted by Gasteiger charge is 2.31. The summed E-state index contributed by atoms with van der Waals surface area (Å²) in [6.45, 7) is 0. The first-order valence-corrected chi connectivity index (χ1v) is 5.08. The van der Waals surface area contributed by atoms with Crippen LogP contribution in [0.15, 0.2) is 34.9 Å². The number of hydrogen-bond acceptors (Lipinski definition) is 2. The van der Waals surface area contributed by atoms with E-state index in [1.807, 2.05) is 24.5 Å². The van der Waals surface area contributed by atoms with Gasteiger partial charge in [0.05, 0.1) is 6.26 Å². The molecule has 1 aromatic heterocycles. The Labute approximate surface area is 82.7 Å². The van der Waals surface area contributed by atoms with Crippen LogP contribution in [0.3, 0.4) is 0 Å². The lowest BCUT2D eigenvalue weighted by Crippen LogP contribution is -2.11. The van der Waals surface area contributed by atoms with Crippen molar-refractivity contribution < 1.29 is 4.42 Å². The predicted molar refractivity (Wildman–Crippen MR) is 55.9 cm³/mol. The summed E-state index contributed by atoms with van der Waals surface area (Å²) < 4.78 is 5.47. The number of fused-ring (bicyclic) bond motifs is 1. The van der Waals surface area contributed by atoms with E-state index in [0.717, 1.165) is 5.58 Å². The van der Waals surface area contributed by atoms with Crippen molar-refractivity contribution in [3.63, 3.8) is 0 Å². The van der Waals surface area contributed by atoms with Crippen LogP contribution >= 0.6 is 0 Å². The van der Waals surface area contributed by atoms with E-state index in [9.17, 15) is 0 Å². The van der Waals surface area contributed by atoms with Crippen LogP contribution in [0.1, 0.15) is 24.4 Å². The monoisotopic (exact) mass is 187 g/mol. The van der Waals surface area contributed by atoms with Crippen LogP contribution in [-0.4, -0.2) is 0 Å². The lowest BCUT2D eigenvalue weighted by Gasteiger charge is -2.07. The molecule has 0 saturated heterocycles. The van der Waals surface area contributed by atoms with E-state index in [4.69, 9.17) is 10.2 Å². The van der Waals surface area contributed by atoms with Gasteiger partial charge in [-0.3, -0.25) is 0 Å². The Morgan fingerprint density at radius 3 is 2.86 bits per heavy atom. The van der Waals surface area contributed by atoms with Crippen molar-refractivity contribution in [3.8, 4) is 0 Å². The average molecular weight is 187 g/mol. The zero-order valence-corrected chi connectivity index (χ0v) is 7.94. The van der Waals surface area contributed by atoms with Gasteiger partial charge in [-0.1, -0.05) is 18.2 Å². The highest BCUT2D eigenvalue weighted by molar-refractivity contribution is 5.81. The molecule has 2 aromatic rings. The molecule has 1 heterocycles. The molecule has 0 spiro atoms. The zero-order valence-electron chi connectivity index (χ0n) is 7.94. The van der Waals surface area contributed by atoms with Gasteiger partial charge in [-0.2, -0.15) is 0 Å². The minimum absolute atomic E-state index is 0.165. The lowest BCUT2D eigenvalue weighted by atomic mass is 10.0. The molecule has 1 aliphatic carbocycles. The minimum Gasteiger partial charge on any atom is -0.464 e. The second-order valence-electron chi connectivity index (χ2n) is 4.05. The standard InChI is InChI=1S/C12H13NO/c13-12(8-5-6-8)10-7-14-11-4-2-1-3-9(10)11/h1-4,7-8,12H,5-6,13H2. The topological polar surface area (TPSA) is 39.2 Å². The van der Waals surface area contributed by atoms with E-state index in [2.05, 4.69) is 6.07 Å². The van der Waals surface area contributed by atoms with Crippen LogP contribution in [-0.2, 0) is 0 Å². The molecular weight excluding hydrogens is 174 g/mol. The molecule has 1 saturated carbocycles. The molecule has 2 nitrogen and oxygen atoms in total. The highest BCUT2D eigenvalue weighted by Crippen LogP contribution is 2.41. The fourth-order valence-corrected chi connectivity index (χ4v) is 1.97. The van der Waals surface area contributed by atoms with Gasteiger partial charge in [0.1, 0.15) is 5.58 Å². The Bertz CT molecular complexity index is 456. The maximum Gasteiger partial charge on any atom is 0.134 e. The first kappa shape index (κ1) is 8.06. The number of benzene rings is 1. The first-order chi connectivity index (χ1) is 6.86. The molecule has 14 heavy (non-hydrogen) atoms. The maximum atomic E-state index is 6.15. The molecule has 1 fully saturated rings. The van der Waals surface area contributed by atoms with E-state index in [1.165, 1.54) is 23.8 Å². The van der Waals surface area contributed by atoms with Crippen LogP contribution in [0.25, 0.3) is 11.0 Å². The second-order valence-corrected chi connectivity index (χ2v) is 4.05. The Balaban J connectivity index is 2.11. The van der Waals surface area contributed by atoms with Gasteiger partial charge >= 0.3 is 0 Å². The van der Waals surface area contributed by atoms with E-state index < -0.39 is 0 Å². The summed E-state index contributed by atoms with van der Waals surface area (Å²) in [5, 5.41) is 1.17. The van der Waals surface area contributed by atoms with Crippen LogP contribution in [0.2, 0.25) is 0 Å². The summed E-state index contributed by atoms with van der Waals surface area (Å²) >= 11 is 0. The average Bonchev–Trinajstić information content (AvgIpc) is 2.97. The largest absolute Gasteiger partial charge is 0.464 e. The van der Waals surface area contributed by atoms with Gasteiger partial charge in [-0.15, -0.1) is 0 Å². The smallest absolute Gasteiger partial charge is 0.134 e. The second kappa shape index (κ2) is 2.85. The molecule has 0 bridgehead atoms. The van der Waals surface area contributed by atoms with E-state index in [1.54, 1.807) is 0 Å². The molecule has 2 heteroatoms. The third-order valence-corrected chi connectivity index (χ3v) is 3.00. The Morgan fingerprint density at radius 1 is 1.29 bits per heavy atom. The summed E-state index contributed by atoms with van der Waals surface area (Å²) in [6, 6.07) is 8.24. The third kappa shape index (κ3) is 1.15. The zero-order chi connectivity index (χ0) is 9.54. The minimum atomic E-state index is 0.165. The normalized spacial score (nSPS) is 18.6. The Morgan fingerprint density at radius 2 is 2.07 bits per heavy atom. The molecule has 1 aromatic carbocycles. The SMILES string of the molecule is NC(c1coc2ccccc12)C1CC1. The number of rotatable bonds is 2. The third-order valence-electron chi connectivity index (χ3n) is 3.00. The van der Waals surface area contributed by atoms with Gasteiger partial charge in [0.2, 0.25) is 0 Å². The van der Waals surface area contributed by atoms with Gasteiger partial charge in [-0.25, -0.2) is 0 Å². The molecule has 1 unspecified atom stereocenters. The van der Waals surface area contributed by atoms with E-state index in [0.29, 0.717) is 5.92 Å². The number of hydrogen-bond donors (Lipinski definition) is 1. The summed E-state index contributed by atoms with van der Waals surface area (Å²) in [4.78, 5) is 0. The molecule has 0 aliphatic heterocycles. The first-order valence-electron chi connectivity index (χ1n) is 5.08. The quantitative estimate of drug-likeness (QED) is 0.785. The van der Waals surface area contributed by atoms with Gasteiger partial charge in [0.15, 0.2) is 0 Å². The van der Waals surface area contributed by atoms with Gasteiger partial charge < -0.3 is 10.2 Å². The molecule has 3 rings (SSSR count). The van der Waals surface area contributed by atoms with Gasteiger partial charge in [0.25, 0.3) is 0 Å². The fourth-order valence-electron chi connectivity index (χ4n) is 1.97. The van der Waals surface area contributed by atoms with Crippen LogP contribution < -0.4 is 5.73 Å². The van der Waals surface area contributed by atoms with Gasteiger partial charge in [0, 0.05) is 17.0 Å². The van der Waals surface area contributed by atoms with Crippen LogP contribution in [0.4, 0.5) is 0 Å². The fraction of sp³-hybridized carbons (Fsp3) is 0.333. The Hall–Kier alpha value is -1.28.